The summed E-state index contributed by atoms with van der Waals surface area (Å²) in [6.45, 7) is -0.0709. The molecule has 1 fully saturated rings. The zero-order chi connectivity index (χ0) is 12.3. The summed E-state index contributed by atoms with van der Waals surface area (Å²) in [7, 11) is 0. The molecule has 4 N–H and O–H groups in total. The van der Waals surface area contributed by atoms with Crippen molar-refractivity contribution in [3.63, 3.8) is 0 Å². The van der Waals surface area contributed by atoms with Gasteiger partial charge in [0.1, 0.15) is 0 Å². The monoisotopic (exact) mass is 233 g/mol. The Morgan fingerprint density at radius 3 is 2.76 bits per heavy atom. The van der Waals surface area contributed by atoms with Gasteiger partial charge >= 0.3 is 0 Å². The number of amides is 2. The third-order valence-electron chi connectivity index (χ3n) is 2.51. The van der Waals surface area contributed by atoms with Crippen LogP contribution in [-0.4, -0.2) is 24.4 Å². The Morgan fingerprint density at radius 1 is 1.35 bits per heavy atom. The van der Waals surface area contributed by atoms with Crippen molar-refractivity contribution < 1.29 is 9.59 Å². The molecule has 5 heteroatoms. The second-order valence-electron chi connectivity index (χ2n) is 4.08. The second kappa shape index (κ2) is 4.97. The first-order valence-corrected chi connectivity index (χ1v) is 5.60. The van der Waals surface area contributed by atoms with Gasteiger partial charge in [0.2, 0.25) is 5.91 Å². The van der Waals surface area contributed by atoms with Gasteiger partial charge < -0.3 is 16.4 Å². The van der Waals surface area contributed by atoms with E-state index in [0.717, 1.165) is 12.8 Å². The Labute approximate surface area is 99.4 Å². The number of anilines is 1. The van der Waals surface area contributed by atoms with Gasteiger partial charge in [-0.25, -0.2) is 0 Å². The number of benzene rings is 1. The average Bonchev–Trinajstić information content (AvgIpc) is 3.13. The molecule has 5 nitrogen and oxygen atoms in total. The number of carbonyl (C=O) groups is 2. The molecule has 1 aliphatic carbocycles. The summed E-state index contributed by atoms with van der Waals surface area (Å²) < 4.78 is 0. The smallest absolute Gasteiger partial charge is 0.251 e. The zero-order valence-electron chi connectivity index (χ0n) is 9.40. The van der Waals surface area contributed by atoms with E-state index in [0.29, 0.717) is 17.3 Å². The van der Waals surface area contributed by atoms with Gasteiger partial charge in [0.05, 0.1) is 6.54 Å². The fraction of sp³-hybridized carbons (Fsp3) is 0.333. The number of hydrogen-bond donors (Lipinski definition) is 3. The van der Waals surface area contributed by atoms with E-state index in [-0.39, 0.29) is 18.4 Å². The van der Waals surface area contributed by atoms with E-state index in [2.05, 4.69) is 10.6 Å². The van der Waals surface area contributed by atoms with Crippen molar-refractivity contribution >= 4 is 17.5 Å². The number of carbonyl (C=O) groups excluding carboxylic acids is 2. The second-order valence-corrected chi connectivity index (χ2v) is 4.08. The standard InChI is InChI=1S/C12H15N3O2/c13-7-11(16)14-10-3-1-2-8(6-10)12(17)15-9-4-5-9/h1-3,6,9H,4-5,7,13H2,(H,14,16)(H,15,17). The molecule has 1 aromatic carbocycles. The number of hydrogen-bond acceptors (Lipinski definition) is 3. The van der Waals surface area contributed by atoms with Crippen LogP contribution in [-0.2, 0) is 4.79 Å². The molecule has 0 radical (unpaired) electrons. The van der Waals surface area contributed by atoms with Gasteiger partial charge in [0.15, 0.2) is 0 Å². The Kier molecular flexibility index (Phi) is 3.39. The molecule has 0 aliphatic heterocycles. The summed E-state index contributed by atoms with van der Waals surface area (Å²) in [4.78, 5) is 22.9. The van der Waals surface area contributed by atoms with E-state index in [9.17, 15) is 9.59 Å². The van der Waals surface area contributed by atoms with E-state index in [1.807, 2.05) is 0 Å². The molecule has 0 atom stereocenters. The van der Waals surface area contributed by atoms with Crippen molar-refractivity contribution in [2.75, 3.05) is 11.9 Å². The van der Waals surface area contributed by atoms with Crippen molar-refractivity contribution in [3.05, 3.63) is 29.8 Å². The fourth-order valence-electron chi connectivity index (χ4n) is 1.45. The quantitative estimate of drug-likeness (QED) is 0.707. The number of nitrogens with one attached hydrogen (secondary N) is 2. The summed E-state index contributed by atoms with van der Waals surface area (Å²) >= 11 is 0. The largest absolute Gasteiger partial charge is 0.349 e. The fourth-order valence-corrected chi connectivity index (χ4v) is 1.45. The van der Waals surface area contributed by atoms with Crippen LogP contribution in [0.25, 0.3) is 0 Å². The molecule has 90 valence electrons. The van der Waals surface area contributed by atoms with E-state index < -0.39 is 0 Å². The van der Waals surface area contributed by atoms with Crippen molar-refractivity contribution in [1.29, 1.82) is 0 Å². The van der Waals surface area contributed by atoms with Crippen LogP contribution in [0, 0.1) is 0 Å². The lowest BCUT2D eigenvalue weighted by Crippen LogP contribution is -2.26. The molecule has 1 saturated carbocycles. The van der Waals surface area contributed by atoms with Crippen molar-refractivity contribution in [2.45, 2.75) is 18.9 Å². The minimum atomic E-state index is -0.273. The molecule has 0 heterocycles. The maximum atomic E-state index is 11.8. The Hall–Kier alpha value is -1.88. The third-order valence-corrected chi connectivity index (χ3v) is 2.51. The zero-order valence-corrected chi connectivity index (χ0v) is 9.40. The molecule has 1 aliphatic rings. The molecule has 2 amide bonds. The minimum absolute atomic E-state index is 0.0709. The maximum absolute atomic E-state index is 11.8. The summed E-state index contributed by atoms with van der Waals surface area (Å²) in [5, 5.41) is 5.50. The summed E-state index contributed by atoms with van der Waals surface area (Å²) in [6.07, 6.45) is 2.10. The van der Waals surface area contributed by atoms with Crippen molar-refractivity contribution in [1.82, 2.24) is 5.32 Å². The lowest BCUT2D eigenvalue weighted by molar-refractivity contribution is -0.114. The molecule has 0 unspecified atom stereocenters. The summed E-state index contributed by atoms with van der Waals surface area (Å²) in [6, 6.07) is 7.14. The van der Waals surface area contributed by atoms with Crippen LogP contribution < -0.4 is 16.4 Å². The van der Waals surface area contributed by atoms with Gasteiger partial charge in [-0.2, -0.15) is 0 Å². The molecule has 1 aromatic rings. The molecule has 2 rings (SSSR count). The minimum Gasteiger partial charge on any atom is -0.349 e. The first kappa shape index (κ1) is 11.6. The topological polar surface area (TPSA) is 84.2 Å². The normalized spacial score (nSPS) is 14.2. The predicted molar refractivity (Wildman–Crippen MR) is 64.6 cm³/mol. The van der Waals surface area contributed by atoms with Gasteiger partial charge in [0.25, 0.3) is 5.91 Å². The molecule has 0 bridgehead atoms. The van der Waals surface area contributed by atoms with E-state index >= 15 is 0 Å². The number of nitrogens with two attached hydrogens (primary N) is 1. The van der Waals surface area contributed by atoms with Gasteiger partial charge in [-0.3, -0.25) is 9.59 Å². The highest BCUT2D eigenvalue weighted by molar-refractivity contribution is 5.97. The van der Waals surface area contributed by atoms with Crippen LogP contribution in [0.1, 0.15) is 23.2 Å². The predicted octanol–water partition coefficient (Wildman–Crippen LogP) is 0.476. The van der Waals surface area contributed by atoms with Crippen LogP contribution >= 0.6 is 0 Å². The van der Waals surface area contributed by atoms with Crippen LogP contribution in [0.4, 0.5) is 5.69 Å². The Morgan fingerprint density at radius 2 is 2.12 bits per heavy atom. The maximum Gasteiger partial charge on any atom is 0.251 e. The summed E-state index contributed by atoms with van der Waals surface area (Å²) in [5.41, 5.74) is 6.34. The first-order chi connectivity index (χ1) is 8.19. The number of rotatable bonds is 4. The van der Waals surface area contributed by atoms with Crippen molar-refractivity contribution in [3.8, 4) is 0 Å². The third kappa shape index (κ3) is 3.29. The van der Waals surface area contributed by atoms with Gasteiger partial charge in [0, 0.05) is 17.3 Å². The molecule has 0 aromatic heterocycles. The Bertz CT molecular complexity index is 441. The molecule has 0 spiro atoms. The van der Waals surface area contributed by atoms with Crippen LogP contribution in [0.15, 0.2) is 24.3 Å². The van der Waals surface area contributed by atoms with Gasteiger partial charge in [-0.15, -0.1) is 0 Å². The van der Waals surface area contributed by atoms with Gasteiger partial charge in [-0.05, 0) is 31.0 Å². The van der Waals surface area contributed by atoms with E-state index in [1.165, 1.54) is 0 Å². The highest BCUT2D eigenvalue weighted by atomic mass is 16.2. The molecular weight excluding hydrogens is 218 g/mol. The SMILES string of the molecule is NCC(=O)Nc1cccc(C(=O)NC2CC2)c1. The molecular formula is C12H15N3O2. The lowest BCUT2D eigenvalue weighted by atomic mass is 10.2. The van der Waals surface area contributed by atoms with Gasteiger partial charge in [-0.1, -0.05) is 6.07 Å². The highest BCUT2D eigenvalue weighted by Gasteiger charge is 2.23. The lowest BCUT2D eigenvalue weighted by Gasteiger charge is -2.06. The first-order valence-electron chi connectivity index (χ1n) is 5.60. The van der Waals surface area contributed by atoms with Crippen LogP contribution in [0.2, 0.25) is 0 Å². The van der Waals surface area contributed by atoms with Crippen LogP contribution in [0.5, 0.6) is 0 Å². The molecule has 0 saturated heterocycles. The average molecular weight is 233 g/mol. The summed E-state index contributed by atoms with van der Waals surface area (Å²) in [5.74, 6) is -0.374. The van der Waals surface area contributed by atoms with E-state index in [4.69, 9.17) is 5.73 Å². The highest BCUT2D eigenvalue weighted by Crippen LogP contribution is 2.19. The molecule has 17 heavy (non-hydrogen) atoms. The van der Waals surface area contributed by atoms with Crippen LogP contribution in [0.3, 0.4) is 0 Å². The van der Waals surface area contributed by atoms with E-state index in [1.54, 1.807) is 24.3 Å². The van der Waals surface area contributed by atoms with Crippen molar-refractivity contribution in [2.24, 2.45) is 5.73 Å². The Balaban J connectivity index is 2.04.